The Labute approximate surface area is 147 Å². The van der Waals surface area contributed by atoms with Gasteiger partial charge in [-0.15, -0.1) is 0 Å². The van der Waals surface area contributed by atoms with Gasteiger partial charge in [-0.2, -0.15) is 18.3 Å². The first-order valence-electron chi connectivity index (χ1n) is 8.93. The molecule has 0 radical (unpaired) electrons. The van der Waals surface area contributed by atoms with Crippen molar-refractivity contribution >= 4 is 12.1 Å². The quantitative estimate of drug-likeness (QED) is 0.309. The van der Waals surface area contributed by atoms with E-state index in [0.717, 1.165) is 31.5 Å². The molecule has 1 N–H and O–H groups in total. The molecule has 0 aliphatic carbocycles. The van der Waals surface area contributed by atoms with E-state index >= 15 is 0 Å². The number of hydrazone groups is 1. The van der Waals surface area contributed by atoms with Gasteiger partial charge in [0.05, 0.1) is 11.8 Å². The van der Waals surface area contributed by atoms with Crippen LogP contribution < -0.4 is 5.43 Å². The minimum absolute atomic E-state index is 0.0672. The third-order valence-electron chi connectivity index (χ3n) is 3.92. The van der Waals surface area contributed by atoms with E-state index in [2.05, 4.69) is 17.5 Å². The number of benzene rings is 1. The van der Waals surface area contributed by atoms with E-state index in [1.54, 1.807) is 0 Å². The third-order valence-corrected chi connectivity index (χ3v) is 3.92. The second-order valence-electron chi connectivity index (χ2n) is 6.10. The van der Waals surface area contributed by atoms with Crippen LogP contribution >= 0.6 is 0 Å². The van der Waals surface area contributed by atoms with Crippen LogP contribution in [0.1, 0.15) is 75.8 Å². The van der Waals surface area contributed by atoms with Gasteiger partial charge in [0.1, 0.15) is 0 Å². The first-order chi connectivity index (χ1) is 11.9. The molecular formula is C19H27F3N2O. The molecule has 0 saturated heterocycles. The number of nitrogens with one attached hydrogen (secondary N) is 1. The molecule has 1 amide bonds. The molecule has 0 aromatic heterocycles. The van der Waals surface area contributed by atoms with E-state index in [4.69, 9.17) is 0 Å². The topological polar surface area (TPSA) is 41.5 Å². The van der Waals surface area contributed by atoms with Crippen molar-refractivity contribution in [3.8, 4) is 0 Å². The number of rotatable bonds is 11. The molecule has 1 aromatic carbocycles. The number of hydrogen-bond acceptors (Lipinski definition) is 2. The molecule has 0 atom stereocenters. The Balaban J connectivity index is 2.25. The molecule has 0 spiro atoms. The minimum Gasteiger partial charge on any atom is -0.273 e. The summed E-state index contributed by atoms with van der Waals surface area (Å²) in [6.07, 6.45) is 6.01. The van der Waals surface area contributed by atoms with Gasteiger partial charge >= 0.3 is 6.18 Å². The summed E-state index contributed by atoms with van der Waals surface area (Å²) in [6.45, 7) is 2.18. The summed E-state index contributed by atoms with van der Waals surface area (Å²) >= 11 is 0. The standard InChI is InChI=1S/C19H27F3N2O/c1-2-3-4-5-6-7-8-9-14-18(25)24-23-15-16-12-10-11-13-17(16)19(20,21)22/h10-13,15H,2-9,14H2,1H3,(H,24,25)/b23-15+. The molecule has 6 heteroatoms. The second-order valence-corrected chi connectivity index (χ2v) is 6.10. The van der Waals surface area contributed by atoms with E-state index in [0.29, 0.717) is 6.42 Å². The van der Waals surface area contributed by atoms with Crippen LogP contribution in [-0.4, -0.2) is 12.1 Å². The van der Waals surface area contributed by atoms with Crippen molar-refractivity contribution < 1.29 is 18.0 Å². The van der Waals surface area contributed by atoms with Crippen LogP contribution in [-0.2, 0) is 11.0 Å². The van der Waals surface area contributed by atoms with Crippen molar-refractivity contribution in [1.82, 2.24) is 5.43 Å². The van der Waals surface area contributed by atoms with Crippen LogP contribution in [0.3, 0.4) is 0 Å². The van der Waals surface area contributed by atoms with E-state index in [-0.39, 0.29) is 11.5 Å². The highest BCUT2D eigenvalue weighted by atomic mass is 19.4. The molecule has 140 valence electrons. The summed E-state index contributed by atoms with van der Waals surface area (Å²) in [6, 6.07) is 5.13. The van der Waals surface area contributed by atoms with Gasteiger partial charge in [-0.1, -0.05) is 70.1 Å². The highest BCUT2D eigenvalue weighted by Gasteiger charge is 2.32. The minimum atomic E-state index is -4.44. The maximum absolute atomic E-state index is 12.8. The van der Waals surface area contributed by atoms with Gasteiger partial charge in [0, 0.05) is 12.0 Å². The molecular weight excluding hydrogens is 329 g/mol. The number of carbonyl (C=O) groups excluding carboxylic acids is 1. The third kappa shape index (κ3) is 9.27. The fraction of sp³-hybridized carbons (Fsp3) is 0.579. The number of alkyl halides is 3. The lowest BCUT2D eigenvalue weighted by atomic mass is 10.1. The molecule has 0 fully saturated rings. The van der Waals surface area contributed by atoms with E-state index in [1.165, 1.54) is 50.3 Å². The summed E-state index contributed by atoms with van der Waals surface area (Å²) in [4.78, 5) is 11.6. The van der Waals surface area contributed by atoms with E-state index < -0.39 is 11.7 Å². The Bertz CT molecular complexity index is 542. The first kappa shape index (κ1) is 21.2. The number of halogens is 3. The summed E-state index contributed by atoms with van der Waals surface area (Å²) in [5, 5.41) is 3.64. The van der Waals surface area contributed by atoms with Gasteiger partial charge < -0.3 is 0 Å². The fourth-order valence-electron chi connectivity index (χ4n) is 2.52. The molecule has 0 heterocycles. The zero-order valence-corrected chi connectivity index (χ0v) is 14.7. The molecule has 25 heavy (non-hydrogen) atoms. The van der Waals surface area contributed by atoms with Crippen molar-refractivity contribution in [3.05, 3.63) is 35.4 Å². The normalized spacial score (nSPS) is 11.8. The van der Waals surface area contributed by atoms with Crippen molar-refractivity contribution in [1.29, 1.82) is 0 Å². The van der Waals surface area contributed by atoms with Gasteiger partial charge in [0.2, 0.25) is 5.91 Å². The molecule has 1 rings (SSSR count). The van der Waals surface area contributed by atoms with Crippen LogP contribution in [0.25, 0.3) is 0 Å². The van der Waals surface area contributed by atoms with Crippen molar-refractivity contribution in [2.75, 3.05) is 0 Å². The summed E-state index contributed by atoms with van der Waals surface area (Å²) in [5.74, 6) is -0.272. The lowest BCUT2D eigenvalue weighted by molar-refractivity contribution is -0.137. The average Bonchev–Trinajstić information content (AvgIpc) is 2.57. The van der Waals surface area contributed by atoms with Crippen molar-refractivity contribution in [3.63, 3.8) is 0 Å². The predicted octanol–water partition coefficient (Wildman–Crippen LogP) is 5.69. The van der Waals surface area contributed by atoms with Gasteiger partial charge in [-0.05, 0) is 12.5 Å². The Hall–Kier alpha value is -1.85. The maximum Gasteiger partial charge on any atom is 0.417 e. The Morgan fingerprint density at radius 1 is 1.04 bits per heavy atom. The van der Waals surface area contributed by atoms with Crippen LogP contribution in [0.4, 0.5) is 13.2 Å². The molecule has 0 aliphatic rings. The van der Waals surface area contributed by atoms with Crippen LogP contribution in [0.15, 0.2) is 29.4 Å². The van der Waals surface area contributed by atoms with Crippen molar-refractivity contribution in [2.24, 2.45) is 5.10 Å². The number of unbranched alkanes of at least 4 members (excludes halogenated alkanes) is 7. The number of nitrogens with zero attached hydrogens (tertiary/aromatic N) is 1. The number of hydrogen-bond donors (Lipinski definition) is 1. The van der Waals surface area contributed by atoms with E-state index in [1.807, 2.05) is 0 Å². The van der Waals surface area contributed by atoms with Crippen molar-refractivity contribution in [2.45, 2.75) is 70.9 Å². The van der Waals surface area contributed by atoms with Gasteiger partial charge in [-0.25, -0.2) is 5.43 Å². The Kier molecular flexibility index (Phi) is 9.88. The van der Waals surface area contributed by atoms with Crippen LogP contribution in [0, 0.1) is 0 Å². The maximum atomic E-state index is 12.8. The summed E-state index contributed by atoms with van der Waals surface area (Å²) < 4.78 is 38.5. The van der Waals surface area contributed by atoms with Gasteiger partial charge in [0.15, 0.2) is 0 Å². The highest BCUT2D eigenvalue weighted by molar-refractivity contribution is 5.84. The fourth-order valence-corrected chi connectivity index (χ4v) is 2.52. The van der Waals surface area contributed by atoms with Gasteiger partial charge in [0.25, 0.3) is 0 Å². The zero-order valence-electron chi connectivity index (χ0n) is 14.7. The SMILES string of the molecule is CCCCCCCCCCC(=O)N/N=C/c1ccccc1C(F)(F)F. The average molecular weight is 356 g/mol. The van der Waals surface area contributed by atoms with Crippen LogP contribution in [0.5, 0.6) is 0 Å². The first-order valence-corrected chi connectivity index (χ1v) is 8.93. The zero-order chi connectivity index (χ0) is 18.5. The summed E-state index contributed by atoms with van der Waals surface area (Å²) in [7, 11) is 0. The highest BCUT2D eigenvalue weighted by Crippen LogP contribution is 2.30. The Morgan fingerprint density at radius 2 is 1.64 bits per heavy atom. The molecule has 0 aliphatic heterocycles. The largest absolute Gasteiger partial charge is 0.417 e. The summed E-state index contributed by atoms with van der Waals surface area (Å²) in [5.41, 5.74) is 1.46. The van der Waals surface area contributed by atoms with Gasteiger partial charge in [-0.3, -0.25) is 4.79 Å². The molecule has 0 unspecified atom stereocenters. The van der Waals surface area contributed by atoms with E-state index in [9.17, 15) is 18.0 Å². The lowest BCUT2D eigenvalue weighted by Crippen LogP contribution is -2.17. The molecule has 0 saturated carbocycles. The molecule has 1 aromatic rings. The number of carbonyl (C=O) groups is 1. The second kappa shape index (κ2) is 11.7. The Morgan fingerprint density at radius 3 is 2.28 bits per heavy atom. The monoisotopic (exact) mass is 356 g/mol. The smallest absolute Gasteiger partial charge is 0.273 e. The molecule has 3 nitrogen and oxygen atoms in total. The molecule has 0 bridgehead atoms. The number of amides is 1. The lowest BCUT2D eigenvalue weighted by Gasteiger charge is -2.09. The predicted molar refractivity (Wildman–Crippen MR) is 94.4 cm³/mol. The van der Waals surface area contributed by atoms with Crippen LogP contribution in [0.2, 0.25) is 0 Å².